The highest BCUT2D eigenvalue weighted by Crippen LogP contribution is 2.15. The van der Waals surface area contributed by atoms with E-state index in [1.165, 1.54) is 4.90 Å². The Bertz CT molecular complexity index is 454. The van der Waals surface area contributed by atoms with Crippen LogP contribution in [-0.2, 0) is 14.3 Å². The Morgan fingerprint density at radius 2 is 2.09 bits per heavy atom. The van der Waals surface area contributed by atoms with Gasteiger partial charge in [0, 0.05) is 26.1 Å². The Labute approximate surface area is 131 Å². The fourth-order valence-corrected chi connectivity index (χ4v) is 2.24. The number of alkyl carbamates (subject to hydrolysis) is 1. The van der Waals surface area contributed by atoms with Crippen LogP contribution in [-0.4, -0.2) is 61.3 Å². The molecule has 7 nitrogen and oxygen atoms in total. The smallest absolute Gasteiger partial charge is 0.422 e. The summed E-state index contributed by atoms with van der Waals surface area (Å²) < 4.78 is 39.5. The average molecular weight is 339 g/mol. The lowest BCUT2D eigenvalue weighted by atomic mass is 9.99. The van der Waals surface area contributed by atoms with Gasteiger partial charge in [-0.15, -0.1) is 0 Å². The summed E-state index contributed by atoms with van der Waals surface area (Å²) >= 11 is 0. The first kappa shape index (κ1) is 19.0. The summed E-state index contributed by atoms with van der Waals surface area (Å²) in [6.45, 7) is 2.46. The van der Waals surface area contributed by atoms with E-state index in [1.807, 2.05) is 13.8 Å². The number of carbonyl (C=O) groups is 3. The number of ether oxygens (including phenoxy) is 1. The van der Waals surface area contributed by atoms with E-state index in [0.717, 1.165) is 0 Å². The highest BCUT2D eigenvalue weighted by Gasteiger charge is 2.35. The third-order valence-corrected chi connectivity index (χ3v) is 3.18. The van der Waals surface area contributed by atoms with Gasteiger partial charge in [-0.05, 0) is 5.92 Å². The number of nitrogens with one attached hydrogen (secondary N) is 2. The molecule has 10 heteroatoms. The SMILES string of the molecule is CC(C)[C@H]1C(=O)NCCN1C(=O)CCNC(=O)OCC(F)(F)F. The number of nitrogens with zero attached hydrogens (tertiary/aromatic N) is 1. The Hall–Kier alpha value is -2.00. The summed E-state index contributed by atoms with van der Waals surface area (Å²) in [5.74, 6) is -0.671. The van der Waals surface area contributed by atoms with Gasteiger partial charge < -0.3 is 20.3 Å². The number of rotatable bonds is 5. The van der Waals surface area contributed by atoms with E-state index in [-0.39, 0.29) is 30.7 Å². The predicted octanol–water partition coefficient (Wildman–Crippen LogP) is 0.648. The zero-order chi connectivity index (χ0) is 17.6. The second-order valence-corrected chi connectivity index (χ2v) is 5.44. The largest absolute Gasteiger partial charge is 0.440 e. The van der Waals surface area contributed by atoms with Crippen LogP contribution < -0.4 is 10.6 Å². The number of hydrogen-bond acceptors (Lipinski definition) is 4. The third-order valence-electron chi connectivity index (χ3n) is 3.18. The van der Waals surface area contributed by atoms with Crippen molar-refractivity contribution >= 4 is 17.9 Å². The molecule has 0 radical (unpaired) electrons. The molecule has 23 heavy (non-hydrogen) atoms. The molecule has 0 saturated carbocycles. The normalized spacial score (nSPS) is 18.6. The van der Waals surface area contributed by atoms with Gasteiger partial charge in [0.2, 0.25) is 11.8 Å². The minimum Gasteiger partial charge on any atom is -0.440 e. The minimum absolute atomic E-state index is 0.0797. The minimum atomic E-state index is -4.60. The number of piperazine rings is 1. The molecule has 132 valence electrons. The Balaban J connectivity index is 2.40. The standard InChI is InChI=1S/C13H20F3N3O4/c1-8(2)10-11(21)17-5-6-19(10)9(20)3-4-18-12(22)23-7-13(14,15)16/h8,10H,3-7H2,1-2H3,(H,17,21)(H,18,22)/t10-/m0/s1. The average Bonchev–Trinajstić information content (AvgIpc) is 2.43. The van der Waals surface area contributed by atoms with Crippen molar-refractivity contribution in [2.24, 2.45) is 5.92 Å². The van der Waals surface area contributed by atoms with E-state index in [4.69, 9.17) is 0 Å². The molecule has 1 aliphatic rings. The molecule has 0 aromatic heterocycles. The zero-order valence-corrected chi connectivity index (χ0v) is 12.9. The Kier molecular flexibility index (Phi) is 6.64. The van der Waals surface area contributed by atoms with E-state index >= 15 is 0 Å². The molecule has 1 aliphatic heterocycles. The molecule has 1 saturated heterocycles. The maximum absolute atomic E-state index is 12.1. The van der Waals surface area contributed by atoms with Crippen LogP contribution >= 0.6 is 0 Å². The van der Waals surface area contributed by atoms with Crippen LogP contribution in [0.4, 0.5) is 18.0 Å². The first-order chi connectivity index (χ1) is 10.6. The van der Waals surface area contributed by atoms with E-state index in [9.17, 15) is 27.6 Å². The lowest BCUT2D eigenvalue weighted by Crippen LogP contribution is -2.59. The molecule has 0 aromatic rings. The topological polar surface area (TPSA) is 87.7 Å². The van der Waals surface area contributed by atoms with Gasteiger partial charge in [0.25, 0.3) is 0 Å². The van der Waals surface area contributed by atoms with Crippen molar-refractivity contribution in [2.45, 2.75) is 32.5 Å². The number of alkyl halides is 3. The Morgan fingerprint density at radius 3 is 2.65 bits per heavy atom. The monoisotopic (exact) mass is 339 g/mol. The van der Waals surface area contributed by atoms with Crippen molar-refractivity contribution in [2.75, 3.05) is 26.2 Å². The molecule has 0 aliphatic carbocycles. The number of carbonyl (C=O) groups excluding carboxylic acids is 3. The maximum atomic E-state index is 12.1. The first-order valence-corrected chi connectivity index (χ1v) is 7.16. The van der Waals surface area contributed by atoms with Gasteiger partial charge >= 0.3 is 12.3 Å². The van der Waals surface area contributed by atoms with Crippen LogP contribution in [0.3, 0.4) is 0 Å². The number of halogens is 3. The molecule has 1 heterocycles. The van der Waals surface area contributed by atoms with Crippen LogP contribution in [0.1, 0.15) is 20.3 Å². The maximum Gasteiger partial charge on any atom is 0.422 e. The van der Waals surface area contributed by atoms with Crippen LogP contribution in [0.5, 0.6) is 0 Å². The number of amides is 3. The van der Waals surface area contributed by atoms with E-state index in [2.05, 4.69) is 15.4 Å². The quantitative estimate of drug-likeness (QED) is 0.770. The van der Waals surface area contributed by atoms with E-state index in [1.54, 1.807) is 0 Å². The molecular weight excluding hydrogens is 319 g/mol. The van der Waals surface area contributed by atoms with Gasteiger partial charge in [-0.25, -0.2) is 4.79 Å². The predicted molar refractivity (Wildman–Crippen MR) is 73.4 cm³/mol. The molecule has 1 fully saturated rings. The zero-order valence-electron chi connectivity index (χ0n) is 12.9. The molecule has 2 N–H and O–H groups in total. The Morgan fingerprint density at radius 1 is 1.43 bits per heavy atom. The van der Waals surface area contributed by atoms with Gasteiger partial charge in [-0.2, -0.15) is 13.2 Å². The molecule has 1 rings (SSSR count). The van der Waals surface area contributed by atoms with Crippen LogP contribution in [0.15, 0.2) is 0 Å². The fraction of sp³-hybridized carbons (Fsp3) is 0.769. The summed E-state index contributed by atoms with van der Waals surface area (Å²) in [4.78, 5) is 36.4. The van der Waals surface area contributed by atoms with Crippen molar-refractivity contribution in [1.82, 2.24) is 15.5 Å². The molecule has 0 spiro atoms. The molecule has 0 unspecified atom stereocenters. The van der Waals surface area contributed by atoms with Crippen molar-refractivity contribution in [3.63, 3.8) is 0 Å². The third kappa shape index (κ3) is 6.33. The molecular formula is C13H20F3N3O4. The fourth-order valence-electron chi connectivity index (χ4n) is 2.24. The number of hydrogen-bond donors (Lipinski definition) is 2. The molecule has 1 atom stereocenters. The second-order valence-electron chi connectivity index (χ2n) is 5.44. The first-order valence-electron chi connectivity index (χ1n) is 7.16. The van der Waals surface area contributed by atoms with Gasteiger partial charge in [-0.1, -0.05) is 13.8 Å². The van der Waals surface area contributed by atoms with E-state index in [0.29, 0.717) is 13.1 Å². The second kappa shape index (κ2) is 8.02. The van der Waals surface area contributed by atoms with Crippen molar-refractivity contribution < 1.29 is 32.3 Å². The van der Waals surface area contributed by atoms with Crippen LogP contribution in [0.25, 0.3) is 0 Å². The van der Waals surface area contributed by atoms with Crippen molar-refractivity contribution in [3.05, 3.63) is 0 Å². The highest BCUT2D eigenvalue weighted by molar-refractivity contribution is 5.89. The van der Waals surface area contributed by atoms with Gasteiger partial charge in [0.15, 0.2) is 6.61 Å². The van der Waals surface area contributed by atoms with Gasteiger partial charge in [-0.3, -0.25) is 9.59 Å². The van der Waals surface area contributed by atoms with Crippen molar-refractivity contribution in [3.8, 4) is 0 Å². The summed E-state index contributed by atoms with van der Waals surface area (Å²) in [5.41, 5.74) is 0. The summed E-state index contributed by atoms with van der Waals surface area (Å²) in [6, 6.07) is -0.589. The van der Waals surface area contributed by atoms with Crippen LogP contribution in [0, 0.1) is 5.92 Å². The lowest BCUT2D eigenvalue weighted by molar-refractivity contribution is -0.160. The lowest BCUT2D eigenvalue weighted by Gasteiger charge is -2.37. The summed E-state index contributed by atoms with van der Waals surface area (Å²) in [6.07, 6.45) is -5.97. The highest BCUT2D eigenvalue weighted by atomic mass is 19.4. The van der Waals surface area contributed by atoms with Crippen molar-refractivity contribution in [1.29, 1.82) is 0 Å². The molecule has 3 amide bonds. The molecule has 0 aromatic carbocycles. The van der Waals surface area contributed by atoms with Gasteiger partial charge in [0.05, 0.1) is 0 Å². The van der Waals surface area contributed by atoms with Crippen LogP contribution in [0.2, 0.25) is 0 Å². The molecule has 0 bridgehead atoms. The summed E-state index contributed by atoms with van der Waals surface area (Å²) in [7, 11) is 0. The van der Waals surface area contributed by atoms with E-state index < -0.39 is 24.9 Å². The summed E-state index contributed by atoms with van der Waals surface area (Å²) in [5, 5.41) is 4.75. The van der Waals surface area contributed by atoms with Gasteiger partial charge in [0.1, 0.15) is 6.04 Å².